The smallest absolute Gasteiger partial charge is 0.248 e. The van der Waals surface area contributed by atoms with Crippen molar-refractivity contribution >= 4 is 15.9 Å². The minimum Gasteiger partial charge on any atom is -0.419 e. The Morgan fingerprint density at radius 3 is 2.60 bits per heavy atom. The van der Waals surface area contributed by atoms with E-state index in [9.17, 15) is 0 Å². The van der Waals surface area contributed by atoms with Crippen LogP contribution in [0.25, 0.3) is 11.5 Å². The number of rotatable bonds is 4. The fourth-order valence-electron chi connectivity index (χ4n) is 1.62. The predicted octanol–water partition coefficient (Wildman–Crippen LogP) is 4.02. The van der Waals surface area contributed by atoms with Gasteiger partial charge < -0.3 is 9.73 Å². The van der Waals surface area contributed by atoms with Crippen molar-refractivity contribution in [3.05, 3.63) is 34.6 Å². The van der Waals surface area contributed by atoms with Crippen molar-refractivity contribution in [3.8, 4) is 11.5 Å². The molecule has 20 heavy (non-hydrogen) atoms. The van der Waals surface area contributed by atoms with Crippen molar-refractivity contribution < 1.29 is 4.42 Å². The van der Waals surface area contributed by atoms with Crippen molar-refractivity contribution in [1.82, 2.24) is 15.5 Å². The van der Waals surface area contributed by atoms with Crippen LogP contribution in [0.15, 0.2) is 33.2 Å². The number of hydrogen-bond donors (Lipinski definition) is 1. The molecule has 1 aromatic heterocycles. The third kappa shape index (κ3) is 3.67. The standard InChI is InChI=1S/C15H20BrN3O/c1-10(15(2,3)4)17-9-13-18-19-14(20-13)11-7-5-6-8-12(11)16/h5-8,10,17H,9H2,1-4H3. The SMILES string of the molecule is CC(NCc1nnc(-c2ccccc2Br)o1)C(C)(C)C. The molecule has 0 fully saturated rings. The van der Waals surface area contributed by atoms with Gasteiger partial charge in [-0.3, -0.25) is 0 Å². The van der Waals surface area contributed by atoms with Gasteiger partial charge in [0.15, 0.2) is 0 Å². The third-order valence-corrected chi connectivity index (χ3v) is 4.12. The van der Waals surface area contributed by atoms with Crippen LogP contribution in [0.1, 0.15) is 33.6 Å². The third-order valence-electron chi connectivity index (χ3n) is 3.43. The van der Waals surface area contributed by atoms with Gasteiger partial charge in [0, 0.05) is 10.5 Å². The number of halogens is 1. The van der Waals surface area contributed by atoms with Crippen LogP contribution in [0.4, 0.5) is 0 Å². The highest BCUT2D eigenvalue weighted by Crippen LogP contribution is 2.26. The molecule has 0 bridgehead atoms. The summed E-state index contributed by atoms with van der Waals surface area (Å²) in [6.45, 7) is 9.34. The van der Waals surface area contributed by atoms with Gasteiger partial charge in [-0.1, -0.05) is 32.9 Å². The van der Waals surface area contributed by atoms with E-state index in [2.05, 4.69) is 59.1 Å². The second-order valence-electron chi connectivity index (χ2n) is 5.95. The number of hydrogen-bond acceptors (Lipinski definition) is 4. The Hall–Kier alpha value is -1.20. The molecule has 0 aliphatic rings. The van der Waals surface area contributed by atoms with Gasteiger partial charge in [0.1, 0.15) is 0 Å². The predicted molar refractivity (Wildman–Crippen MR) is 83.2 cm³/mol. The number of nitrogens with one attached hydrogen (secondary N) is 1. The van der Waals surface area contributed by atoms with Gasteiger partial charge in [-0.2, -0.15) is 0 Å². The lowest BCUT2D eigenvalue weighted by atomic mass is 9.88. The highest BCUT2D eigenvalue weighted by atomic mass is 79.9. The normalized spacial score (nSPS) is 13.4. The Balaban J connectivity index is 2.05. The summed E-state index contributed by atoms with van der Waals surface area (Å²) in [6, 6.07) is 8.17. The van der Waals surface area contributed by atoms with Gasteiger partial charge in [0.25, 0.3) is 0 Å². The molecule has 1 heterocycles. The maximum atomic E-state index is 5.70. The lowest BCUT2D eigenvalue weighted by Gasteiger charge is -2.27. The highest BCUT2D eigenvalue weighted by Gasteiger charge is 2.20. The molecule has 0 aliphatic carbocycles. The summed E-state index contributed by atoms with van der Waals surface area (Å²) in [6.07, 6.45) is 0. The van der Waals surface area contributed by atoms with Gasteiger partial charge in [-0.15, -0.1) is 10.2 Å². The molecule has 2 aromatic rings. The molecule has 108 valence electrons. The van der Waals surface area contributed by atoms with E-state index in [1.807, 2.05) is 24.3 Å². The van der Waals surface area contributed by atoms with Crippen molar-refractivity contribution in [3.63, 3.8) is 0 Å². The first-order chi connectivity index (χ1) is 9.38. The van der Waals surface area contributed by atoms with Crippen LogP contribution in [-0.4, -0.2) is 16.2 Å². The molecule has 0 radical (unpaired) electrons. The van der Waals surface area contributed by atoms with E-state index in [1.54, 1.807) is 0 Å². The first-order valence-corrected chi connectivity index (χ1v) is 7.48. The van der Waals surface area contributed by atoms with Gasteiger partial charge in [-0.05, 0) is 40.4 Å². The molecule has 5 heteroatoms. The van der Waals surface area contributed by atoms with Crippen LogP contribution in [0.5, 0.6) is 0 Å². The molecular formula is C15H20BrN3O. The average molecular weight is 338 g/mol. The first-order valence-electron chi connectivity index (χ1n) is 6.68. The Labute approximate surface area is 128 Å². The van der Waals surface area contributed by atoms with E-state index in [4.69, 9.17) is 4.42 Å². The van der Waals surface area contributed by atoms with Crippen LogP contribution < -0.4 is 5.32 Å². The van der Waals surface area contributed by atoms with E-state index in [-0.39, 0.29) is 5.41 Å². The zero-order valence-corrected chi connectivity index (χ0v) is 13.9. The summed E-state index contributed by atoms with van der Waals surface area (Å²) in [5, 5.41) is 11.6. The van der Waals surface area contributed by atoms with Crippen LogP contribution in [-0.2, 0) is 6.54 Å². The molecule has 1 atom stereocenters. The monoisotopic (exact) mass is 337 g/mol. The molecule has 2 rings (SSSR count). The molecule has 0 saturated carbocycles. The second kappa shape index (κ2) is 6.06. The summed E-state index contributed by atoms with van der Waals surface area (Å²) < 4.78 is 6.65. The first kappa shape index (κ1) is 15.2. The van der Waals surface area contributed by atoms with Gasteiger partial charge >= 0.3 is 0 Å². The van der Waals surface area contributed by atoms with Gasteiger partial charge in [-0.25, -0.2) is 0 Å². The zero-order chi connectivity index (χ0) is 14.8. The molecule has 0 aliphatic heterocycles. The maximum absolute atomic E-state index is 5.70. The molecule has 4 nitrogen and oxygen atoms in total. The van der Waals surface area contributed by atoms with E-state index < -0.39 is 0 Å². The lowest BCUT2D eigenvalue weighted by Crippen LogP contribution is -2.37. The van der Waals surface area contributed by atoms with Crippen molar-refractivity contribution in [1.29, 1.82) is 0 Å². The van der Waals surface area contributed by atoms with Crippen molar-refractivity contribution in [2.75, 3.05) is 0 Å². The molecule has 1 N–H and O–H groups in total. The van der Waals surface area contributed by atoms with E-state index in [1.165, 1.54) is 0 Å². The van der Waals surface area contributed by atoms with Crippen LogP contribution >= 0.6 is 15.9 Å². The number of aromatic nitrogens is 2. The summed E-state index contributed by atoms with van der Waals surface area (Å²) in [7, 11) is 0. The minimum atomic E-state index is 0.200. The number of nitrogens with zero attached hydrogens (tertiary/aromatic N) is 2. The minimum absolute atomic E-state index is 0.200. The van der Waals surface area contributed by atoms with Crippen LogP contribution in [0, 0.1) is 5.41 Å². The Morgan fingerprint density at radius 2 is 1.95 bits per heavy atom. The van der Waals surface area contributed by atoms with Crippen molar-refractivity contribution in [2.45, 2.75) is 40.3 Å². The molecule has 0 saturated heterocycles. The van der Waals surface area contributed by atoms with Crippen LogP contribution in [0.2, 0.25) is 0 Å². The summed E-state index contributed by atoms with van der Waals surface area (Å²) in [5.41, 5.74) is 1.11. The second-order valence-corrected chi connectivity index (χ2v) is 6.80. The van der Waals surface area contributed by atoms with E-state index in [0.29, 0.717) is 24.4 Å². The fourth-order valence-corrected chi connectivity index (χ4v) is 2.07. The molecule has 0 amide bonds. The van der Waals surface area contributed by atoms with E-state index >= 15 is 0 Å². The summed E-state index contributed by atoms with van der Waals surface area (Å²) in [5.74, 6) is 1.14. The Bertz CT molecular complexity index is 574. The molecular weight excluding hydrogens is 318 g/mol. The Morgan fingerprint density at radius 1 is 1.25 bits per heavy atom. The topological polar surface area (TPSA) is 51.0 Å². The molecule has 1 unspecified atom stereocenters. The summed E-state index contributed by atoms with van der Waals surface area (Å²) in [4.78, 5) is 0. The fraction of sp³-hybridized carbons (Fsp3) is 0.467. The quantitative estimate of drug-likeness (QED) is 0.915. The highest BCUT2D eigenvalue weighted by molar-refractivity contribution is 9.10. The van der Waals surface area contributed by atoms with Crippen LogP contribution in [0.3, 0.4) is 0 Å². The largest absolute Gasteiger partial charge is 0.419 e. The van der Waals surface area contributed by atoms with E-state index in [0.717, 1.165) is 10.0 Å². The average Bonchev–Trinajstić information content (AvgIpc) is 2.84. The van der Waals surface area contributed by atoms with Crippen molar-refractivity contribution in [2.24, 2.45) is 5.41 Å². The van der Waals surface area contributed by atoms with Gasteiger partial charge in [0.05, 0.1) is 12.1 Å². The molecule has 1 aromatic carbocycles. The summed E-state index contributed by atoms with van der Waals surface area (Å²) >= 11 is 3.49. The Kier molecular flexibility index (Phi) is 4.60. The molecule has 0 spiro atoms. The number of benzene rings is 1. The zero-order valence-electron chi connectivity index (χ0n) is 12.3. The van der Waals surface area contributed by atoms with Gasteiger partial charge in [0.2, 0.25) is 11.8 Å². The maximum Gasteiger partial charge on any atom is 0.248 e. The lowest BCUT2D eigenvalue weighted by molar-refractivity contribution is 0.277.